The lowest BCUT2D eigenvalue weighted by Gasteiger charge is -2.12. The summed E-state index contributed by atoms with van der Waals surface area (Å²) in [7, 11) is 0. The number of aromatic hydroxyl groups is 2. The van der Waals surface area contributed by atoms with Crippen LogP contribution in [0.1, 0.15) is 0 Å². The summed E-state index contributed by atoms with van der Waals surface area (Å²) < 4.78 is 11.3. The van der Waals surface area contributed by atoms with Gasteiger partial charge in [0.15, 0.2) is 16.9 Å². The van der Waals surface area contributed by atoms with Gasteiger partial charge in [0.05, 0.1) is 0 Å². The Kier molecular flexibility index (Phi) is 3.82. The fourth-order valence-corrected chi connectivity index (χ4v) is 2.72. The average Bonchev–Trinajstić information content (AvgIpc) is 2.66. The molecule has 0 saturated heterocycles. The summed E-state index contributed by atoms with van der Waals surface area (Å²) in [5, 5.41) is 20.7. The Labute approximate surface area is 148 Å². The molecule has 0 spiro atoms. The lowest BCUT2D eigenvalue weighted by molar-refractivity contribution is 0.378. The highest BCUT2D eigenvalue weighted by Gasteiger charge is 2.19. The Hall–Kier alpha value is -3.73. The van der Waals surface area contributed by atoms with Crippen LogP contribution in [0.15, 0.2) is 82.0 Å². The van der Waals surface area contributed by atoms with Gasteiger partial charge in [-0.3, -0.25) is 4.79 Å². The first-order valence-electron chi connectivity index (χ1n) is 7.94. The summed E-state index contributed by atoms with van der Waals surface area (Å²) in [6.07, 6.45) is 0. The van der Waals surface area contributed by atoms with E-state index in [1.165, 1.54) is 12.1 Å². The second kappa shape index (κ2) is 6.29. The molecular weight excluding hydrogens is 332 g/mol. The van der Waals surface area contributed by atoms with Gasteiger partial charge in [0, 0.05) is 17.7 Å². The minimum atomic E-state index is -0.461. The number of rotatable bonds is 3. The van der Waals surface area contributed by atoms with E-state index >= 15 is 0 Å². The molecule has 0 fully saturated rings. The van der Waals surface area contributed by atoms with Gasteiger partial charge in [-0.25, -0.2) is 0 Å². The summed E-state index contributed by atoms with van der Waals surface area (Å²) in [5.41, 5.74) is 0.363. The summed E-state index contributed by atoms with van der Waals surface area (Å²) in [6, 6.07) is 20.3. The third-order valence-corrected chi connectivity index (χ3v) is 3.95. The minimum absolute atomic E-state index is 0.0478. The molecule has 0 aliphatic carbocycles. The number of phenolic OH excluding ortho intramolecular Hbond substituents is 2. The van der Waals surface area contributed by atoms with Crippen LogP contribution in [0.25, 0.3) is 22.3 Å². The molecule has 128 valence electrons. The van der Waals surface area contributed by atoms with Gasteiger partial charge in [-0.1, -0.05) is 48.5 Å². The quantitative estimate of drug-likeness (QED) is 0.564. The molecule has 4 rings (SSSR count). The molecule has 3 aromatic carbocycles. The summed E-state index contributed by atoms with van der Waals surface area (Å²) in [4.78, 5) is 12.6. The molecule has 1 aromatic heterocycles. The molecule has 0 unspecified atom stereocenters. The molecule has 26 heavy (non-hydrogen) atoms. The predicted octanol–water partition coefficient (Wildman–Crippen LogP) is 4.66. The molecule has 5 heteroatoms. The Morgan fingerprint density at radius 1 is 0.846 bits per heavy atom. The summed E-state index contributed by atoms with van der Waals surface area (Å²) in [5.74, 6) is -0.214. The normalized spacial score (nSPS) is 10.8. The van der Waals surface area contributed by atoms with Crippen molar-refractivity contribution in [3.05, 3.63) is 83.0 Å². The van der Waals surface area contributed by atoms with Crippen molar-refractivity contribution in [2.75, 3.05) is 0 Å². The maximum Gasteiger partial charge on any atom is 0.211 e. The van der Waals surface area contributed by atoms with Crippen LogP contribution in [0.2, 0.25) is 0 Å². The van der Waals surface area contributed by atoms with Crippen molar-refractivity contribution in [3.8, 4) is 34.3 Å². The average molecular weight is 346 g/mol. The van der Waals surface area contributed by atoms with Gasteiger partial charge in [-0.05, 0) is 12.1 Å². The van der Waals surface area contributed by atoms with E-state index in [2.05, 4.69) is 0 Å². The molecule has 0 amide bonds. The Morgan fingerprint density at radius 3 is 2.19 bits per heavy atom. The lowest BCUT2D eigenvalue weighted by Crippen LogP contribution is -2.01. The molecule has 4 aromatic rings. The van der Waals surface area contributed by atoms with Crippen LogP contribution in [0.5, 0.6) is 23.0 Å². The zero-order valence-electron chi connectivity index (χ0n) is 13.5. The highest BCUT2D eigenvalue weighted by atomic mass is 16.5. The van der Waals surface area contributed by atoms with Crippen LogP contribution in [-0.2, 0) is 0 Å². The Bertz CT molecular complexity index is 1130. The van der Waals surface area contributed by atoms with E-state index < -0.39 is 11.2 Å². The first-order valence-corrected chi connectivity index (χ1v) is 7.94. The number of fused-ring (bicyclic) bond motifs is 1. The molecule has 2 N–H and O–H groups in total. The van der Waals surface area contributed by atoms with E-state index in [4.69, 9.17) is 9.15 Å². The van der Waals surface area contributed by atoms with Gasteiger partial charge < -0.3 is 19.4 Å². The van der Waals surface area contributed by atoms with Gasteiger partial charge in [0.1, 0.15) is 22.5 Å². The molecule has 0 bridgehead atoms. The van der Waals surface area contributed by atoms with Crippen LogP contribution < -0.4 is 10.2 Å². The zero-order chi connectivity index (χ0) is 18.1. The van der Waals surface area contributed by atoms with Crippen LogP contribution in [0.3, 0.4) is 0 Å². The van der Waals surface area contributed by atoms with Crippen molar-refractivity contribution in [1.29, 1.82) is 0 Å². The number of hydrogen-bond acceptors (Lipinski definition) is 5. The molecule has 0 aliphatic heterocycles. The summed E-state index contributed by atoms with van der Waals surface area (Å²) >= 11 is 0. The van der Waals surface area contributed by atoms with Gasteiger partial charge in [0.2, 0.25) is 5.75 Å². The molecule has 1 heterocycles. The van der Waals surface area contributed by atoms with E-state index in [1.807, 2.05) is 24.3 Å². The standard InChI is InChI=1S/C21H14O5/c22-15-11-17(13-7-3-1-4-8-13)26-18-12-16(23)21(20(24)19(15)18)25-14-9-5-2-6-10-14/h1-12,23-24H. The molecule has 0 atom stereocenters. The molecule has 0 saturated carbocycles. The fraction of sp³-hybridized carbons (Fsp3) is 0. The van der Waals surface area contributed by atoms with Crippen molar-refractivity contribution in [1.82, 2.24) is 0 Å². The minimum Gasteiger partial charge on any atom is -0.504 e. The van der Waals surface area contributed by atoms with E-state index in [0.717, 1.165) is 5.56 Å². The van der Waals surface area contributed by atoms with E-state index in [-0.39, 0.29) is 22.5 Å². The highest BCUT2D eigenvalue weighted by molar-refractivity contribution is 5.89. The van der Waals surface area contributed by atoms with Crippen molar-refractivity contribution < 1.29 is 19.4 Å². The van der Waals surface area contributed by atoms with Gasteiger partial charge in [0.25, 0.3) is 0 Å². The highest BCUT2D eigenvalue weighted by Crippen LogP contribution is 2.43. The van der Waals surface area contributed by atoms with E-state index in [1.54, 1.807) is 36.4 Å². The third-order valence-electron chi connectivity index (χ3n) is 3.95. The second-order valence-corrected chi connectivity index (χ2v) is 5.70. The Balaban J connectivity index is 1.88. The van der Waals surface area contributed by atoms with Crippen molar-refractivity contribution in [2.24, 2.45) is 0 Å². The van der Waals surface area contributed by atoms with E-state index in [0.29, 0.717) is 11.5 Å². The van der Waals surface area contributed by atoms with Crippen LogP contribution in [-0.4, -0.2) is 10.2 Å². The first kappa shape index (κ1) is 15.8. The largest absolute Gasteiger partial charge is 0.504 e. The topological polar surface area (TPSA) is 79.9 Å². The summed E-state index contributed by atoms with van der Waals surface area (Å²) in [6.45, 7) is 0. The number of benzene rings is 3. The van der Waals surface area contributed by atoms with Crippen molar-refractivity contribution in [2.45, 2.75) is 0 Å². The van der Waals surface area contributed by atoms with Crippen molar-refractivity contribution >= 4 is 11.0 Å². The number of para-hydroxylation sites is 1. The Morgan fingerprint density at radius 2 is 1.50 bits per heavy atom. The number of ether oxygens (including phenoxy) is 1. The molecule has 0 aliphatic rings. The zero-order valence-corrected chi connectivity index (χ0v) is 13.5. The molecule has 0 radical (unpaired) electrons. The first-order chi connectivity index (χ1) is 12.6. The predicted molar refractivity (Wildman–Crippen MR) is 97.8 cm³/mol. The SMILES string of the molecule is O=c1cc(-c2ccccc2)oc2cc(O)c(Oc3ccccc3)c(O)c12. The number of hydrogen-bond donors (Lipinski definition) is 2. The number of phenols is 2. The van der Waals surface area contributed by atoms with Crippen LogP contribution in [0, 0.1) is 0 Å². The molecular formula is C21H14O5. The van der Waals surface area contributed by atoms with E-state index in [9.17, 15) is 15.0 Å². The monoisotopic (exact) mass is 346 g/mol. The lowest BCUT2D eigenvalue weighted by atomic mass is 10.1. The maximum absolute atomic E-state index is 12.6. The van der Waals surface area contributed by atoms with Gasteiger partial charge in [-0.2, -0.15) is 0 Å². The smallest absolute Gasteiger partial charge is 0.211 e. The maximum atomic E-state index is 12.6. The second-order valence-electron chi connectivity index (χ2n) is 5.70. The van der Waals surface area contributed by atoms with Crippen LogP contribution in [0.4, 0.5) is 0 Å². The third kappa shape index (κ3) is 2.75. The van der Waals surface area contributed by atoms with Gasteiger partial charge in [-0.15, -0.1) is 0 Å². The van der Waals surface area contributed by atoms with Gasteiger partial charge >= 0.3 is 0 Å². The fourth-order valence-electron chi connectivity index (χ4n) is 2.72. The van der Waals surface area contributed by atoms with Crippen molar-refractivity contribution in [3.63, 3.8) is 0 Å². The molecule has 5 nitrogen and oxygen atoms in total. The van der Waals surface area contributed by atoms with Crippen LogP contribution >= 0.6 is 0 Å².